The maximum atomic E-state index is 9.28. The van der Waals surface area contributed by atoms with E-state index in [-0.39, 0.29) is 18.6 Å². The number of hydrogen-bond donors (Lipinski definition) is 2. The topological polar surface area (TPSA) is 43.7 Å². The van der Waals surface area contributed by atoms with Crippen molar-refractivity contribution in [3.05, 3.63) is 0 Å². The Kier molecular flexibility index (Phi) is 4.77. The number of likely N-dealkylation sites (tertiary alicyclic amines) is 1. The Labute approximate surface area is 99.5 Å². The molecule has 96 valence electrons. The molecule has 3 nitrogen and oxygen atoms in total. The van der Waals surface area contributed by atoms with Crippen LogP contribution in [0.25, 0.3) is 0 Å². The van der Waals surface area contributed by atoms with Gasteiger partial charge in [-0.3, -0.25) is 0 Å². The quantitative estimate of drug-likeness (QED) is 0.750. The van der Waals surface area contributed by atoms with Crippen molar-refractivity contribution in [3.63, 3.8) is 0 Å². The van der Waals surface area contributed by atoms with Crippen LogP contribution in [0, 0.1) is 10.8 Å². The summed E-state index contributed by atoms with van der Waals surface area (Å²) >= 11 is 0. The summed E-state index contributed by atoms with van der Waals surface area (Å²) in [7, 11) is 0. The molecule has 0 bridgehead atoms. The van der Waals surface area contributed by atoms with Crippen LogP contribution >= 0.6 is 0 Å². The first-order valence-electron chi connectivity index (χ1n) is 6.41. The molecule has 0 aromatic heterocycles. The fourth-order valence-corrected chi connectivity index (χ4v) is 2.29. The maximum Gasteiger partial charge on any atom is 0.0519 e. The van der Waals surface area contributed by atoms with Gasteiger partial charge in [-0.05, 0) is 31.3 Å². The molecule has 16 heavy (non-hydrogen) atoms. The molecule has 1 fully saturated rings. The number of piperidine rings is 1. The van der Waals surface area contributed by atoms with Crippen molar-refractivity contribution < 1.29 is 10.2 Å². The Balaban J connectivity index is 2.43. The Bertz CT molecular complexity index is 206. The standard InChI is InChI=1S/C13H27NO2/c1-4-12(2)5-7-14(8-6-12)9-13(3,10-15)11-16/h15-16H,4-11H2,1-3H3. The lowest BCUT2D eigenvalue weighted by atomic mass is 9.77. The van der Waals surface area contributed by atoms with Crippen molar-refractivity contribution in [3.8, 4) is 0 Å². The van der Waals surface area contributed by atoms with Crippen molar-refractivity contribution >= 4 is 0 Å². The first kappa shape index (κ1) is 13.9. The zero-order chi connectivity index (χ0) is 12.2. The maximum absolute atomic E-state index is 9.28. The highest BCUT2D eigenvalue weighted by Crippen LogP contribution is 2.34. The normalized spacial score (nSPS) is 22.3. The molecule has 1 aliphatic heterocycles. The van der Waals surface area contributed by atoms with E-state index in [1.54, 1.807) is 0 Å². The van der Waals surface area contributed by atoms with Crippen molar-refractivity contribution in [1.29, 1.82) is 0 Å². The highest BCUT2D eigenvalue weighted by molar-refractivity contribution is 4.85. The van der Waals surface area contributed by atoms with Gasteiger partial charge in [0, 0.05) is 12.0 Å². The number of rotatable bonds is 5. The Morgan fingerprint density at radius 1 is 1.19 bits per heavy atom. The molecule has 0 spiro atoms. The molecular formula is C13H27NO2. The van der Waals surface area contributed by atoms with Gasteiger partial charge < -0.3 is 15.1 Å². The molecule has 0 aromatic rings. The highest BCUT2D eigenvalue weighted by Gasteiger charge is 2.32. The van der Waals surface area contributed by atoms with Gasteiger partial charge in [0.2, 0.25) is 0 Å². The van der Waals surface area contributed by atoms with Crippen molar-refractivity contribution in [2.45, 2.75) is 40.0 Å². The Hall–Kier alpha value is -0.120. The molecular weight excluding hydrogens is 202 g/mol. The number of aliphatic hydroxyl groups excluding tert-OH is 2. The van der Waals surface area contributed by atoms with Gasteiger partial charge in [0.05, 0.1) is 13.2 Å². The second kappa shape index (κ2) is 5.48. The first-order valence-corrected chi connectivity index (χ1v) is 6.41. The van der Waals surface area contributed by atoms with E-state index in [0.717, 1.165) is 19.6 Å². The van der Waals surface area contributed by atoms with Gasteiger partial charge in [0.1, 0.15) is 0 Å². The molecule has 1 heterocycles. The van der Waals surface area contributed by atoms with Crippen LogP contribution in [0.2, 0.25) is 0 Å². The lowest BCUT2D eigenvalue weighted by Gasteiger charge is -2.42. The summed E-state index contributed by atoms with van der Waals surface area (Å²) in [6.45, 7) is 9.69. The summed E-state index contributed by atoms with van der Waals surface area (Å²) in [4.78, 5) is 2.38. The zero-order valence-corrected chi connectivity index (χ0v) is 11.0. The fraction of sp³-hybridized carbons (Fsp3) is 1.00. The van der Waals surface area contributed by atoms with Crippen LogP contribution in [-0.4, -0.2) is 48.0 Å². The van der Waals surface area contributed by atoms with E-state index in [4.69, 9.17) is 0 Å². The lowest BCUT2D eigenvalue weighted by Crippen LogP contribution is -2.46. The number of aliphatic hydroxyl groups is 2. The third-order valence-electron chi connectivity index (χ3n) is 4.29. The van der Waals surface area contributed by atoms with Crippen LogP contribution in [0.1, 0.15) is 40.0 Å². The molecule has 0 aliphatic carbocycles. The van der Waals surface area contributed by atoms with Crippen LogP contribution in [0.3, 0.4) is 0 Å². The summed E-state index contributed by atoms with van der Waals surface area (Å²) in [5.41, 5.74) is 0.158. The molecule has 0 saturated carbocycles. The molecule has 0 atom stereocenters. The van der Waals surface area contributed by atoms with Crippen molar-refractivity contribution in [2.75, 3.05) is 32.8 Å². The SMILES string of the molecule is CCC1(C)CCN(CC(C)(CO)CO)CC1. The van der Waals surface area contributed by atoms with Gasteiger partial charge >= 0.3 is 0 Å². The second-order valence-corrected chi connectivity index (χ2v) is 6.07. The monoisotopic (exact) mass is 229 g/mol. The summed E-state index contributed by atoms with van der Waals surface area (Å²) < 4.78 is 0. The van der Waals surface area contributed by atoms with Crippen molar-refractivity contribution in [1.82, 2.24) is 4.90 Å². The molecule has 0 aromatic carbocycles. The molecule has 1 rings (SSSR count). The van der Waals surface area contributed by atoms with E-state index in [1.807, 2.05) is 6.92 Å². The van der Waals surface area contributed by atoms with E-state index in [9.17, 15) is 10.2 Å². The van der Waals surface area contributed by atoms with Gasteiger partial charge in [-0.1, -0.05) is 27.2 Å². The summed E-state index contributed by atoms with van der Waals surface area (Å²) in [5.74, 6) is 0. The molecule has 2 N–H and O–H groups in total. The fourth-order valence-electron chi connectivity index (χ4n) is 2.29. The molecule has 1 saturated heterocycles. The molecule has 0 radical (unpaired) electrons. The highest BCUT2D eigenvalue weighted by atomic mass is 16.3. The number of nitrogens with zero attached hydrogens (tertiary/aromatic N) is 1. The number of hydrogen-bond acceptors (Lipinski definition) is 3. The van der Waals surface area contributed by atoms with Crippen LogP contribution in [0.4, 0.5) is 0 Å². The van der Waals surface area contributed by atoms with Crippen LogP contribution in [0.15, 0.2) is 0 Å². The average molecular weight is 229 g/mol. The Morgan fingerprint density at radius 3 is 2.06 bits per heavy atom. The first-order chi connectivity index (χ1) is 7.47. The third kappa shape index (κ3) is 3.44. The minimum atomic E-state index is -0.347. The van der Waals surface area contributed by atoms with Crippen LogP contribution < -0.4 is 0 Å². The van der Waals surface area contributed by atoms with Crippen LogP contribution in [0.5, 0.6) is 0 Å². The summed E-state index contributed by atoms with van der Waals surface area (Å²) in [5, 5.41) is 18.6. The van der Waals surface area contributed by atoms with E-state index < -0.39 is 0 Å². The predicted octanol–water partition coefficient (Wildman–Crippen LogP) is 1.49. The lowest BCUT2D eigenvalue weighted by molar-refractivity contribution is 0.0142. The van der Waals surface area contributed by atoms with Crippen molar-refractivity contribution in [2.24, 2.45) is 10.8 Å². The zero-order valence-electron chi connectivity index (χ0n) is 11.0. The second-order valence-electron chi connectivity index (χ2n) is 6.07. The summed E-state index contributed by atoms with van der Waals surface area (Å²) in [6, 6.07) is 0. The predicted molar refractivity (Wildman–Crippen MR) is 66.4 cm³/mol. The molecule has 3 heteroatoms. The van der Waals surface area contributed by atoms with E-state index in [1.165, 1.54) is 19.3 Å². The minimum absolute atomic E-state index is 0.0606. The van der Waals surface area contributed by atoms with Gasteiger partial charge in [-0.15, -0.1) is 0 Å². The van der Waals surface area contributed by atoms with Crippen LogP contribution in [-0.2, 0) is 0 Å². The average Bonchev–Trinajstić information content (AvgIpc) is 2.32. The van der Waals surface area contributed by atoms with E-state index >= 15 is 0 Å². The smallest absolute Gasteiger partial charge is 0.0519 e. The van der Waals surface area contributed by atoms with E-state index in [0.29, 0.717) is 5.41 Å². The van der Waals surface area contributed by atoms with Gasteiger partial charge in [0.25, 0.3) is 0 Å². The summed E-state index contributed by atoms with van der Waals surface area (Å²) in [6.07, 6.45) is 3.71. The largest absolute Gasteiger partial charge is 0.396 e. The van der Waals surface area contributed by atoms with E-state index in [2.05, 4.69) is 18.7 Å². The Morgan fingerprint density at radius 2 is 1.69 bits per heavy atom. The molecule has 0 unspecified atom stereocenters. The third-order valence-corrected chi connectivity index (χ3v) is 4.29. The van der Waals surface area contributed by atoms with Gasteiger partial charge in [-0.25, -0.2) is 0 Å². The van der Waals surface area contributed by atoms with Gasteiger partial charge in [0.15, 0.2) is 0 Å². The molecule has 0 amide bonds. The minimum Gasteiger partial charge on any atom is -0.396 e. The molecule has 1 aliphatic rings. The van der Waals surface area contributed by atoms with Gasteiger partial charge in [-0.2, -0.15) is 0 Å².